The zero-order valence-electron chi connectivity index (χ0n) is 11.9. The van der Waals surface area contributed by atoms with Crippen molar-refractivity contribution < 1.29 is 19.4 Å². The fraction of sp³-hybridized carbons (Fsp3) is 0.467. The molecule has 1 unspecified atom stereocenters. The third-order valence-electron chi connectivity index (χ3n) is 3.08. The summed E-state index contributed by atoms with van der Waals surface area (Å²) in [5.74, 6) is -0.934. The van der Waals surface area contributed by atoms with Crippen molar-refractivity contribution in [1.29, 1.82) is 0 Å². The summed E-state index contributed by atoms with van der Waals surface area (Å²) in [4.78, 5) is 22.5. The maximum absolute atomic E-state index is 11.8. The van der Waals surface area contributed by atoms with Crippen LogP contribution in [0.2, 0.25) is 0 Å². The summed E-state index contributed by atoms with van der Waals surface area (Å²) in [6, 6.07) is 7.27. The molecule has 0 bridgehead atoms. The van der Waals surface area contributed by atoms with Crippen molar-refractivity contribution >= 4 is 17.6 Å². The number of nitrogens with one attached hydrogen (secondary N) is 1. The van der Waals surface area contributed by atoms with Gasteiger partial charge >= 0.3 is 5.97 Å². The van der Waals surface area contributed by atoms with Gasteiger partial charge in [0.2, 0.25) is 5.91 Å². The first kappa shape index (κ1) is 16.2. The fourth-order valence-electron chi connectivity index (χ4n) is 1.77. The number of hydrogen-bond donors (Lipinski definition) is 2. The van der Waals surface area contributed by atoms with Gasteiger partial charge in [0.25, 0.3) is 0 Å². The van der Waals surface area contributed by atoms with Gasteiger partial charge in [-0.2, -0.15) is 0 Å². The van der Waals surface area contributed by atoms with Crippen LogP contribution in [0.25, 0.3) is 0 Å². The Bertz CT molecular complexity index is 459. The average molecular weight is 279 g/mol. The molecule has 20 heavy (non-hydrogen) atoms. The van der Waals surface area contributed by atoms with Gasteiger partial charge in [-0.25, -0.2) is 0 Å². The number of carbonyl (C=O) groups is 2. The second kappa shape index (κ2) is 8.32. The van der Waals surface area contributed by atoms with Gasteiger partial charge in [0, 0.05) is 25.6 Å². The number of para-hydroxylation sites is 1. The molecule has 0 aliphatic heterocycles. The van der Waals surface area contributed by atoms with E-state index in [1.165, 1.54) is 0 Å². The number of methoxy groups -OCH3 is 1. The summed E-state index contributed by atoms with van der Waals surface area (Å²) >= 11 is 0. The van der Waals surface area contributed by atoms with Crippen LogP contribution in [0.4, 0.5) is 5.69 Å². The molecular formula is C15H21NO4. The highest BCUT2D eigenvalue weighted by molar-refractivity contribution is 5.91. The lowest BCUT2D eigenvalue weighted by molar-refractivity contribution is -0.136. The minimum atomic E-state index is -0.847. The van der Waals surface area contributed by atoms with Gasteiger partial charge in [-0.15, -0.1) is 0 Å². The van der Waals surface area contributed by atoms with Crippen LogP contribution < -0.4 is 5.32 Å². The Morgan fingerprint density at radius 3 is 2.65 bits per heavy atom. The Morgan fingerprint density at radius 1 is 1.30 bits per heavy atom. The molecule has 0 spiro atoms. The predicted octanol–water partition coefficient (Wildman–Crippen LogP) is 2.46. The van der Waals surface area contributed by atoms with E-state index in [1.807, 2.05) is 25.1 Å². The SMILES string of the molecule is COC(C)CCC(=O)Nc1ccccc1CCC(=O)O. The molecule has 5 heteroatoms. The van der Waals surface area contributed by atoms with Gasteiger partial charge in [-0.05, 0) is 31.4 Å². The van der Waals surface area contributed by atoms with Gasteiger partial charge in [-0.1, -0.05) is 18.2 Å². The molecule has 110 valence electrons. The van der Waals surface area contributed by atoms with E-state index in [1.54, 1.807) is 13.2 Å². The molecule has 1 aromatic rings. The normalized spacial score (nSPS) is 11.9. The van der Waals surface area contributed by atoms with E-state index in [0.29, 0.717) is 24.9 Å². The van der Waals surface area contributed by atoms with E-state index in [-0.39, 0.29) is 18.4 Å². The van der Waals surface area contributed by atoms with Crippen LogP contribution in [0.1, 0.15) is 31.7 Å². The largest absolute Gasteiger partial charge is 0.481 e. The standard InChI is InChI=1S/C15H21NO4/c1-11(20-2)7-9-14(17)16-13-6-4-3-5-12(13)8-10-15(18)19/h3-6,11H,7-10H2,1-2H3,(H,16,17)(H,18,19). The van der Waals surface area contributed by atoms with Crippen molar-refractivity contribution in [3.05, 3.63) is 29.8 Å². The highest BCUT2D eigenvalue weighted by Gasteiger charge is 2.09. The van der Waals surface area contributed by atoms with Crippen molar-refractivity contribution in [3.8, 4) is 0 Å². The van der Waals surface area contributed by atoms with Crippen LogP contribution in [0.15, 0.2) is 24.3 Å². The van der Waals surface area contributed by atoms with Crippen molar-refractivity contribution in [1.82, 2.24) is 0 Å². The molecule has 1 aromatic carbocycles. The van der Waals surface area contributed by atoms with Gasteiger partial charge in [0.1, 0.15) is 0 Å². The van der Waals surface area contributed by atoms with Crippen molar-refractivity contribution in [2.45, 2.75) is 38.7 Å². The number of carbonyl (C=O) groups excluding carboxylic acids is 1. The molecule has 5 nitrogen and oxygen atoms in total. The number of ether oxygens (including phenoxy) is 1. The summed E-state index contributed by atoms with van der Waals surface area (Å²) in [7, 11) is 1.61. The lowest BCUT2D eigenvalue weighted by Crippen LogP contribution is -2.16. The molecular weight excluding hydrogens is 258 g/mol. The molecule has 1 atom stereocenters. The highest BCUT2D eigenvalue weighted by Crippen LogP contribution is 2.17. The van der Waals surface area contributed by atoms with Gasteiger partial charge < -0.3 is 15.2 Å². The van der Waals surface area contributed by atoms with Crippen LogP contribution in [0, 0.1) is 0 Å². The first-order valence-electron chi connectivity index (χ1n) is 6.65. The third kappa shape index (κ3) is 5.84. The average Bonchev–Trinajstić information content (AvgIpc) is 2.43. The minimum Gasteiger partial charge on any atom is -0.481 e. The van der Waals surface area contributed by atoms with E-state index in [2.05, 4.69) is 5.32 Å². The Hall–Kier alpha value is -1.88. The number of benzene rings is 1. The molecule has 0 saturated carbocycles. The van der Waals surface area contributed by atoms with E-state index in [9.17, 15) is 9.59 Å². The molecule has 1 amide bonds. The molecule has 0 aromatic heterocycles. The minimum absolute atomic E-state index is 0.0444. The second-order valence-electron chi connectivity index (χ2n) is 4.68. The van der Waals surface area contributed by atoms with E-state index < -0.39 is 5.97 Å². The Morgan fingerprint density at radius 2 is 2.00 bits per heavy atom. The highest BCUT2D eigenvalue weighted by atomic mass is 16.5. The smallest absolute Gasteiger partial charge is 0.303 e. The second-order valence-corrected chi connectivity index (χ2v) is 4.68. The quantitative estimate of drug-likeness (QED) is 0.766. The summed E-state index contributed by atoms with van der Waals surface area (Å²) < 4.78 is 5.09. The topological polar surface area (TPSA) is 75.6 Å². The number of hydrogen-bond acceptors (Lipinski definition) is 3. The Labute approximate surface area is 118 Å². The lowest BCUT2D eigenvalue weighted by Gasteiger charge is -2.12. The number of aliphatic carboxylic acids is 1. The summed E-state index contributed by atoms with van der Waals surface area (Å²) in [5.41, 5.74) is 1.52. The van der Waals surface area contributed by atoms with Crippen molar-refractivity contribution in [2.75, 3.05) is 12.4 Å². The van der Waals surface area contributed by atoms with Crippen LogP contribution in [0.5, 0.6) is 0 Å². The Kier molecular flexibility index (Phi) is 6.73. The van der Waals surface area contributed by atoms with Crippen LogP contribution in [-0.4, -0.2) is 30.2 Å². The number of amides is 1. The van der Waals surface area contributed by atoms with Gasteiger partial charge in [0.15, 0.2) is 0 Å². The fourth-order valence-corrected chi connectivity index (χ4v) is 1.77. The number of carboxylic acids is 1. The van der Waals surface area contributed by atoms with E-state index >= 15 is 0 Å². The molecule has 0 heterocycles. The molecule has 0 aliphatic rings. The lowest BCUT2D eigenvalue weighted by atomic mass is 10.1. The molecule has 2 N–H and O–H groups in total. The van der Waals surface area contributed by atoms with Gasteiger partial charge in [-0.3, -0.25) is 9.59 Å². The van der Waals surface area contributed by atoms with Crippen molar-refractivity contribution in [2.24, 2.45) is 0 Å². The van der Waals surface area contributed by atoms with Crippen molar-refractivity contribution in [3.63, 3.8) is 0 Å². The predicted molar refractivity (Wildman–Crippen MR) is 76.7 cm³/mol. The number of rotatable bonds is 8. The maximum Gasteiger partial charge on any atom is 0.303 e. The van der Waals surface area contributed by atoms with Crippen LogP contribution >= 0.6 is 0 Å². The molecule has 0 saturated heterocycles. The van der Waals surface area contributed by atoms with Crippen LogP contribution in [-0.2, 0) is 20.7 Å². The number of carboxylic acid groups (broad SMARTS) is 1. The first-order valence-corrected chi connectivity index (χ1v) is 6.65. The molecule has 1 rings (SSSR count). The third-order valence-corrected chi connectivity index (χ3v) is 3.08. The molecule has 0 radical (unpaired) electrons. The maximum atomic E-state index is 11.8. The van der Waals surface area contributed by atoms with E-state index in [4.69, 9.17) is 9.84 Å². The first-order chi connectivity index (χ1) is 9.52. The van der Waals surface area contributed by atoms with E-state index in [0.717, 1.165) is 5.56 Å². The zero-order valence-corrected chi connectivity index (χ0v) is 11.9. The number of aryl methyl sites for hydroxylation is 1. The molecule has 0 aliphatic carbocycles. The summed E-state index contributed by atoms with van der Waals surface area (Å²) in [5, 5.41) is 11.5. The van der Waals surface area contributed by atoms with Gasteiger partial charge in [0.05, 0.1) is 6.10 Å². The summed E-state index contributed by atoms with van der Waals surface area (Å²) in [6.07, 6.45) is 1.53. The Balaban J connectivity index is 2.57. The molecule has 0 fully saturated rings. The summed E-state index contributed by atoms with van der Waals surface area (Å²) in [6.45, 7) is 1.91. The monoisotopic (exact) mass is 279 g/mol. The van der Waals surface area contributed by atoms with Crippen LogP contribution in [0.3, 0.4) is 0 Å². The number of anilines is 1. The zero-order chi connectivity index (χ0) is 15.0.